The Balaban J connectivity index is 1.96. The van der Waals surface area contributed by atoms with Crippen LogP contribution in [-0.4, -0.2) is 30.0 Å². The standard InChI is InChI=1S/C21H27BF3NO5/c1-18(2,3)29-17(27)26-11-13-10-14-15(22-30-19(4,5)20(6,7)31-22)8-12(21(23,24)25)9-16(14)28-13/h8-10H,11H2,1-7H3,(H,26,27). The molecule has 0 radical (unpaired) electrons. The Labute approximate surface area is 179 Å². The maximum atomic E-state index is 13.5. The van der Waals surface area contributed by atoms with Crippen LogP contribution >= 0.6 is 0 Å². The highest BCUT2D eigenvalue weighted by Gasteiger charge is 2.52. The molecule has 1 aromatic heterocycles. The molecule has 0 unspecified atom stereocenters. The third-order valence-electron chi connectivity index (χ3n) is 5.36. The molecule has 0 spiro atoms. The second kappa shape index (κ2) is 7.44. The fraction of sp³-hybridized carbons (Fsp3) is 0.571. The van der Waals surface area contributed by atoms with Gasteiger partial charge >= 0.3 is 19.4 Å². The monoisotopic (exact) mass is 441 g/mol. The Hall–Kier alpha value is -2.20. The van der Waals surface area contributed by atoms with E-state index >= 15 is 0 Å². The van der Waals surface area contributed by atoms with Gasteiger partial charge in [0.1, 0.15) is 16.9 Å². The van der Waals surface area contributed by atoms with Crippen LogP contribution in [0.15, 0.2) is 22.6 Å². The fourth-order valence-corrected chi connectivity index (χ4v) is 3.11. The van der Waals surface area contributed by atoms with Gasteiger partial charge in [0.2, 0.25) is 0 Å². The maximum Gasteiger partial charge on any atom is 0.495 e. The Morgan fingerprint density at radius 1 is 1.06 bits per heavy atom. The van der Waals surface area contributed by atoms with E-state index in [1.807, 2.05) is 27.7 Å². The van der Waals surface area contributed by atoms with Crippen LogP contribution < -0.4 is 10.8 Å². The average molecular weight is 441 g/mol. The molecule has 2 heterocycles. The molecule has 1 amide bonds. The smallest absolute Gasteiger partial charge is 0.459 e. The zero-order valence-electron chi connectivity index (χ0n) is 18.7. The van der Waals surface area contributed by atoms with Crippen LogP contribution in [0.4, 0.5) is 18.0 Å². The number of ether oxygens (including phenoxy) is 1. The molecule has 10 heteroatoms. The number of alkyl carbamates (subject to hydrolysis) is 1. The molecular formula is C21H27BF3NO5. The van der Waals surface area contributed by atoms with Crippen molar-refractivity contribution in [3.8, 4) is 0 Å². The van der Waals surface area contributed by atoms with Crippen LogP contribution in [0.1, 0.15) is 59.8 Å². The number of fused-ring (bicyclic) bond motifs is 1. The third-order valence-corrected chi connectivity index (χ3v) is 5.36. The highest BCUT2D eigenvalue weighted by molar-refractivity contribution is 6.65. The molecule has 0 bridgehead atoms. The zero-order valence-corrected chi connectivity index (χ0v) is 18.7. The molecule has 1 aromatic carbocycles. The summed E-state index contributed by atoms with van der Waals surface area (Å²) in [6.07, 6.45) is -5.23. The summed E-state index contributed by atoms with van der Waals surface area (Å²) in [5, 5.41) is 2.96. The van der Waals surface area contributed by atoms with Crippen molar-refractivity contribution >= 4 is 29.6 Å². The van der Waals surface area contributed by atoms with E-state index in [1.165, 1.54) is 0 Å². The van der Waals surface area contributed by atoms with Gasteiger partial charge in [-0.3, -0.25) is 0 Å². The minimum Gasteiger partial charge on any atom is -0.459 e. The molecule has 1 N–H and O–H groups in total. The van der Waals surface area contributed by atoms with E-state index < -0.39 is 41.8 Å². The van der Waals surface area contributed by atoms with E-state index in [9.17, 15) is 18.0 Å². The summed E-state index contributed by atoms with van der Waals surface area (Å²) in [5.74, 6) is 0.276. The molecule has 3 rings (SSSR count). The minimum atomic E-state index is -4.58. The molecule has 2 aromatic rings. The predicted molar refractivity (Wildman–Crippen MR) is 110 cm³/mol. The van der Waals surface area contributed by atoms with E-state index in [2.05, 4.69) is 5.32 Å². The fourth-order valence-electron chi connectivity index (χ4n) is 3.11. The molecule has 0 saturated carbocycles. The van der Waals surface area contributed by atoms with Gasteiger partial charge in [-0.1, -0.05) is 0 Å². The number of carbonyl (C=O) groups is 1. The Kier molecular flexibility index (Phi) is 5.64. The van der Waals surface area contributed by atoms with E-state index in [1.54, 1.807) is 26.8 Å². The lowest BCUT2D eigenvalue weighted by Gasteiger charge is -2.32. The lowest BCUT2D eigenvalue weighted by Crippen LogP contribution is -2.41. The van der Waals surface area contributed by atoms with Crippen LogP contribution in [0.2, 0.25) is 0 Å². The summed E-state index contributed by atoms with van der Waals surface area (Å²) in [5.41, 5.74) is -2.74. The van der Waals surface area contributed by atoms with Crippen LogP contribution in [0.3, 0.4) is 0 Å². The van der Waals surface area contributed by atoms with Gasteiger partial charge in [-0.25, -0.2) is 4.79 Å². The molecule has 1 aliphatic heterocycles. The van der Waals surface area contributed by atoms with E-state index in [0.717, 1.165) is 12.1 Å². The van der Waals surface area contributed by atoms with Crippen molar-refractivity contribution in [3.05, 3.63) is 29.5 Å². The number of hydrogen-bond donors (Lipinski definition) is 1. The zero-order chi connectivity index (χ0) is 23.4. The van der Waals surface area contributed by atoms with Gasteiger partial charge in [-0.2, -0.15) is 13.2 Å². The minimum absolute atomic E-state index is 0.0283. The highest BCUT2D eigenvalue weighted by Crippen LogP contribution is 2.38. The van der Waals surface area contributed by atoms with E-state index in [0.29, 0.717) is 5.39 Å². The molecule has 1 saturated heterocycles. The van der Waals surface area contributed by atoms with Crippen molar-refractivity contribution in [1.29, 1.82) is 0 Å². The first-order valence-corrected chi connectivity index (χ1v) is 9.95. The molecule has 170 valence electrons. The summed E-state index contributed by atoms with van der Waals surface area (Å²) in [7, 11) is -1.00. The van der Waals surface area contributed by atoms with Gasteiger partial charge < -0.3 is 23.8 Å². The largest absolute Gasteiger partial charge is 0.495 e. The van der Waals surface area contributed by atoms with Crippen molar-refractivity contribution in [1.82, 2.24) is 5.32 Å². The Morgan fingerprint density at radius 3 is 2.16 bits per heavy atom. The summed E-state index contributed by atoms with van der Waals surface area (Å²) in [6, 6.07) is 3.53. The SMILES string of the molecule is CC(C)(C)OC(=O)NCc1cc2c(B3OC(C)(C)C(C)(C)O3)cc(C(F)(F)F)cc2o1. The number of nitrogens with one attached hydrogen (secondary N) is 1. The first kappa shape index (κ1) is 23.5. The van der Waals surface area contributed by atoms with Crippen molar-refractivity contribution in [2.24, 2.45) is 0 Å². The predicted octanol–water partition coefficient (Wildman–Crippen LogP) is 4.78. The first-order chi connectivity index (χ1) is 14.0. The molecule has 6 nitrogen and oxygen atoms in total. The van der Waals surface area contributed by atoms with Crippen LogP contribution in [0.25, 0.3) is 11.0 Å². The summed E-state index contributed by atoms with van der Waals surface area (Å²) in [4.78, 5) is 11.9. The molecule has 1 aliphatic rings. The second-order valence-electron chi connectivity index (χ2n) is 9.63. The van der Waals surface area contributed by atoms with Crippen molar-refractivity contribution in [3.63, 3.8) is 0 Å². The van der Waals surface area contributed by atoms with Gasteiger partial charge in [-0.05, 0) is 72.1 Å². The lowest BCUT2D eigenvalue weighted by atomic mass is 9.76. The summed E-state index contributed by atoms with van der Waals surface area (Å²) < 4.78 is 63.2. The number of halogens is 3. The maximum absolute atomic E-state index is 13.5. The number of furan rings is 1. The number of alkyl halides is 3. The van der Waals surface area contributed by atoms with Gasteiger partial charge in [-0.15, -0.1) is 0 Å². The first-order valence-electron chi connectivity index (χ1n) is 9.95. The van der Waals surface area contributed by atoms with Gasteiger partial charge in [0.25, 0.3) is 0 Å². The van der Waals surface area contributed by atoms with E-state index in [-0.39, 0.29) is 23.4 Å². The van der Waals surface area contributed by atoms with Gasteiger partial charge in [0, 0.05) is 5.39 Å². The van der Waals surface area contributed by atoms with Crippen LogP contribution in [0.5, 0.6) is 0 Å². The van der Waals surface area contributed by atoms with Crippen LogP contribution in [0, 0.1) is 0 Å². The Morgan fingerprint density at radius 2 is 1.65 bits per heavy atom. The molecule has 0 aliphatic carbocycles. The lowest BCUT2D eigenvalue weighted by molar-refractivity contribution is -0.137. The summed E-state index contributed by atoms with van der Waals surface area (Å²) >= 11 is 0. The molecule has 31 heavy (non-hydrogen) atoms. The van der Waals surface area contributed by atoms with Crippen molar-refractivity contribution in [2.75, 3.05) is 0 Å². The number of benzene rings is 1. The molecule has 0 atom stereocenters. The Bertz CT molecular complexity index is 975. The number of rotatable bonds is 3. The number of hydrogen-bond acceptors (Lipinski definition) is 5. The van der Waals surface area contributed by atoms with Crippen molar-refractivity contribution in [2.45, 2.75) is 78.0 Å². The molecular weight excluding hydrogens is 414 g/mol. The quantitative estimate of drug-likeness (QED) is 0.695. The normalized spacial score (nSPS) is 18.5. The van der Waals surface area contributed by atoms with Gasteiger partial charge in [0.05, 0.1) is 23.3 Å². The second-order valence-corrected chi connectivity index (χ2v) is 9.63. The average Bonchev–Trinajstić information content (AvgIpc) is 3.07. The highest BCUT2D eigenvalue weighted by atomic mass is 19.4. The molecule has 1 fully saturated rings. The summed E-state index contributed by atoms with van der Waals surface area (Å²) in [6.45, 7) is 12.4. The van der Waals surface area contributed by atoms with Gasteiger partial charge in [0.15, 0.2) is 0 Å². The van der Waals surface area contributed by atoms with Crippen LogP contribution in [-0.2, 0) is 26.8 Å². The number of amides is 1. The topological polar surface area (TPSA) is 69.9 Å². The third kappa shape index (κ3) is 5.01. The van der Waals surface area contributed by atoms with Crippen molar-refractivity contribution < 1.29 is 36.4 Å². The van der Waals surface area contributed by atoms with E-state index in [4.69, 9.17) is 18.5 Å². The number of carbonyl (C=O) groups excluding carboxylic acids is 1.